The van der Waals surface area contributed by atoms with Crippen molar-refractivity contribution in [1.29, 1.82) is 0 Å². The molecule has 0 aromatic carbocycles. The Morgan fingerprint density at radius 1 is 1.43 bits per heavy atom. The third-order valence-electron chi connectivity index (χ3n) is 3.10. The predicted molar refractivity (Wildman–Crippen MR) is 57.0 cm³/mol. The molecule has 3 N–H and O–H groups in total. The molecule has 0 radical (unpaired) electrons. The van der Waals surface area contributed by atoms with Crippen LogP contribution in [0.2, 0.25) is 0 Å². The van der Waals surface area contributed by atoms with Gasteiger partial charge in [0.05, 0.1) is 5.69 Å². The summed E-state index contributed by atoms with van der Waals surface area (Å²) >= 11 is 0. The lowest BCUT2D eigenvalue weighted by molar-refractivity contribution is 0.430. The van der Waals surface area contributed by atoms with Gasteiger partial charge in [-0.25, -0.2) is 4.98 Å². The van der Waals surface area contributed by atoms with E-state index < -0.39 is 0 Å². The standard InChI is InChI=1S/C11H19N3/c1-8(12)10-7-13-11(14-10)9-5-3-2-4-6-9/h7-9H,2-6,12H2,1H3,(H,13,14). The first-order chi connectivity index (χ1) is 6.77. The molecule has 78 valence electrons. The zero-order chi connectivity index (χ0) is 9.97. The number of aromatic amines is 1. The summed E-state index contributed by atoms with van der Waals surface area (Å²) in [5.74, 6) is 1.80. The highest BCUT2D eigenvalue weighted by Gasteiger charge is 2.18. The Morgan fingerprint density at radius 2 is 2.14 bits per heavy atom. The number of nitrogens with one attached hydrogen (secondary N) is 1. The summed E-state index contributed by atoms with van der Waals surface area (Å²) in [5, 5.41) is 0. The van der Waals surface area contributed by atoms with Crippen LogP contribution in [0.25, 0.3) is 0 Å². The molecule has 1 aliphatic carbocycles. The third-order valence-corrected chi connectivity index (χ3v) is 3.10. The van der Waals surface area contributed by atoms with Crippen LogP contribution >= 0.6 is 0 Å². The minimum atomic E-state index is 0.0693. The van der Waals surface area contributed by atoms with Gasteiger partial charge in [-0.3, -0.25) is 0 Å². The van der Waals surface area contributed by atoms with Crippen LogP contribution in [0.15, 0.2) is 6.20 Å². The molecule has 1 aliphatic rings. The second kappa shape index (κ2) is 4.13. The number of H-pyrrole nitrogens is 1. The van der Waals surface area contributed by atoms with E-state index in [1.807, 2.05) is 13.1 Å². The van der Waals surface area contributed by atoms with Crippen LogP contribution in [0.3, 0.4) is 0 Å². The van der Waals surface area contributed by atoms with E-state index in [2.05, 4.69) is 9.97 Å². The molecule has 1 unspecified atom stereocenters. The average Bonchev–Trinajstić information content (AvgIpc) is 2.68. The van der Waals surface area contributed by atoms with Crippen molar-refractivity contribution in [3.63, 3.8) is 0 Å². The van der Waals surface area contributed by atoms with Crippen molar-refractivity contribution in [2.45, 2.75) is 51.0 Å². The number of rotatable bonds is 2. The molecule has 1 atom stereocenters. The third kappa shape index (κ3) is 1.98. The van der Waals surface area contributed by atoms with Gasteiger partial charge in [0.2, 0.25) is 0 Å². The van der Waals surface area contributed by atoms with Gasteiger partial charge in [0.25, 0.3) is 0 Å². The van der Waals surface area contributed by atoms with E-state index in [0.717, 1.165) is 11.5 Å². The van der Waals surface area contributed by atoms with Gasteiger partial charge in [0, 0.05) is 18.2 Å². The van der Waals surface area contributed by atoms with Crippen molar-refractivity contribution in [2.24, 2.45) is 5.73 Å². The summed E-state index contributed by atoms with van der Waals surface area (Å²) in [6, 6.07) is 0.0693. The number of nitrogens with two attached hydrogens (primary N) is 1. The first-order valence-electron chi connectivity index (χ1n) is 5.58. The largest absolute Gasteiger partial charge is 0.344 e. The number of hydrogen-bond donors (Lipinski definition) is 2. The second-order valence-electron chi connectivity index (χ2n) is 4.35. The fourth-order valence-electron chi connectivity index (χ4n) is 2.17. The van der Waals surface area contributed by atoms with Gasteiger partial charge in [0.15, 0.2) is 0 Å². The van der Waals surface area contributed by atoms with E-state index in [4.69, 9.17) is 5.73 Å². The summed E-state index contributed by atoms with van der Waals surface area (Å²) in [6.07, 6.45) is 8.53. The predicted octanol–water partition coefficient (Wildman–Crippen LogP) is 2.48. The molecule has 2 rings (SSSR count). The molecule has 0 spiro atoms. The van der Waals surface area contributed by atoms with Gasteiger partial charge in [-0.2, -0.15) is 0 Å². The van der Waals surface area contributed by atoms with E-state index in [1.165, 1.54) is 32.1 Å². The Balaban J connectivity index is 2.07. The Bertz CT molecular complexity index is 284. The number of hydrogen-bond acceptors (Lipinski definition) is 2. The Kier molecular flexibility index (Phi) is 2.87. The molecule has 3 nitrogen and oxygen atoms in total. The Morgan fingerprint density at radius 3 is 2.71 bits per heavy atom. The average molecular weight is 193 g/mol. The van der Waals surface area contributed by atoms with E-state index in [-0.39, 0.29) is 6.04 Å². The van der Waals surface area contributed by atoms with Gasteiger partial charge >= 0.3 is 0 Å². The van der Waals surface area contributed by atoms with E-state index in [1.54, 1.807) is 0 Å². The van der Waals surface area contributed by atoms with Crippen molar-refractivity contribution in [2.75, 3.05) is 0 Å². The lowest BCUT2D eigenvalue weighted by Crippen LogP contribution is -2.08. The maximum absolute atomic E-state index is 5.79. The Hall–Kier alpha value is -0.830. The topological polar surface area (TPSA) is 54.7 Å². The van der Waals surface area contributed by atoms with Crippen LogP contribution in [0.1, 0.15) is 62.5 Å². The first kappa shape index (κ1) is 9.71. The molecule has 14 heavy (non-hydrogen) atoms. The van der Waals surface area contributed by atoms with Crippen molar-refractivity contribution >= 4 is 0 Å². The molecule has 1 saturated carbocycles. The van der Waals surface area contributed by atoms with Crippen LogP contribution < -0.4 is 5.73 Å². The van der Waals surface area contributed by atoms with Crippen molar-refractivity contribution in [3.8, 4) is 0 Å². The van der Waals surface area contributed by atoms with Gasteiger partial charge in [-0.05, 0) is 19.8 Å². The van der Waals surface area contributed by atoms with Gasteiger partial charge in [0.1, 0.15) is 5.82 Å². The van der Waals surface area contributed by atoms with Gasteiger partial charge in [-0.1, -0.05) is 19.3 Å². The molecular weight excluding hydrogens is 174 g/mol. The molecule has 3 heteroatoms. The summed E-state index contributed by atoms with van der Waals surface area (Å²) < 4.78 is 0. The SMILES string of the molecule is CC(N)c1cnc(C2CCCCC2)[nH]1. The summed E-state index contributed by atoms with van der Waals surface area (Å²) in [4.78, 5) is 7.77. The second-order valence-corrected chi connectivity index (χ2v) is 4.35. The highest BCUT2D eigenvalue weighted by Crippen LogP contribution is 2.31. The van der Waals surface area contributed by atoms with Crippen LogP contribution in [0.4, 0.5) is 0 Å². The van der Waals surface area contributed by atoms with E-state index >= 15 is 0 Å². The first-order valence-corrected chi connectivity index (χ1v) is 5.58. The Labute approximate surface area is 85.1 Å². The van der Waals surface area contributed by atoms with Crippen molar-refractivity contribution in [3.05, 3.63) is 17.7 Å². The van der Waals surface area contributed by atoms with E-state index in [9.17, 15) is 0 Å². The van der Waals surface area contributed by atoms with Crippen molar-refractivity contribution < 1.29 is 0 Å². The van der Waals surface area contributed by atoms with E-state index in [0.29, 0.717) is 5.92 Å². The van der Waals surface area contributed by atoms with Crippen LogP contribution in [-0.2, 0) is 0 Å². The molecule has 0 saturated heterocycles. The van der Waals surface area contributed by atoms with Gasteiger partial charge < -0.3 is 10.7 Å². The highest BCUT2D eigenvalue weighted by molar-refractivity contribution is 5.08. The monoisotopic (exact) mass is 193 g/mol. The summed E-state index contributed by atoms with van der Waals surface area (Å²) in [5.41, 5.74) is 6.85. The highest BCUT2D eigenvalue weighted by atomic mass is 14.9. The molecule has 1 heterocycles. The summed E-state index contributed by atoms with van der Waals surface area (Å²) in [7, 11) is 0. The normalized spacial score (nSPS) is 21.0. The molecule has 0 amide bonds. The molecule has 1 aromatic heterocycles. The molecular formula is C11H19N3. The number of imidazole rings is 1. The quantitative estimate of drug-likeness (QED) is 0.758. The fourth-order valence-corrected chi connectivity index (χ4v) is 2.17. The smallest absolute Gasteiger partial charge is 0.109 e. The zero-order valence-electron chi connectivity index (χ0n) is 8.79. The molecule has 0 aliphatic heterocycles. The van der Waals surface area contributed by atoms with Crippen LogP contribution in [0, 0.1) is 0 Å². The van der Waals surface area contributed by atoms with Crippen LogP contribution in [0.5, 0.6) is 0 Å². The lowest BCUT2D eigenvalue weighted by atomic mass is 9.89. The molecule has 0 bridgehead atoms. The fraction of sp³-hybridized carbons (Fsp3) is 0.727. The molecule has 1 fully saturated rings. The molecule has 1 aromatic rings. The zero-order valence-corrected chi connectivity index (χ0v) is 8.79. The minimum absolute atomic E-state index is 0.0693. The maximum Gasteiger partial charge on any atom is 0.109 e. The number of nitrogens with zero attached hydrogens (tertiary/aromatic N) is 1. The summed E-state index contributed by atoms with van der Waals surface area (Å²) in [6.45, 7) is 1.98. The number of aromatic nitrogens is 2. The van der Waals surface area contributed by atoms with Gasteiger partial charge in [-0.15, -0.1) is 0 Å². The minimum Gasteiger partial charge on any atom is -0.344 e. The van der Waals surface area contributed by atoms with Crippen molar-refractivity contribution in [1.82, 2.24) is 9.97 Å². The van der Waals surface area contributed by atoms with Crippen LogP contribution in [-0.4, -0.2) is 9.97 Å². The lowest BCUT2D eigenvalue weighted by Gasteiger charge is -2.19. The maximum atomic E-state index is 5.79.